The van der Waals surface area contributed by atoms with Gasteiger partial charge in [-0.15, -0.1) is 0 Å². The van der Waals surface area contributed by atoms with Crippen LogP contribution >= 0.6 is 0 Å². The van der Waals surface area contributed by atoms with E-state index in [4.69, 9.17) is 14.2 Å². The molecule has 0 aromatic rings. The van der Waals surface area contributed by atoms with Gasteiger partial charge in [0.2, 0.25) is 0 Å². The van der Waals surface area contributed by atoms with Crippen molar-refractivity contribution < 1.29 is 23.8 Å². The van der Waals surface area contributed by atoms with Gasteiger partial charge in [-0.3, -0.25) is 9.59 Å². The second-order valence-corrected chi connectivity index (χ2v) is 16.4. The molecule has 54 heavy (non-hydrogen) atoms. The molecular weight excluding hydrogens is 669 g/mol. The quantitative estimate of drug-likeness (QED) is 0.0351. The fraction of sp³-hybridized carbons (Fsp3) is 0.918. The van der Waals surface area contributed by atoms with Crippen LogP contribution in [0.3, 0.4) is 0 Å². The molecule has 5 heteroatoms. The van der Waals surface area contributed by atoms with Crippen LogP contribution in [0.5, 0.6) is 0 Å². The van der Waals surface area contributed by atoms with Gasteiger partial charge in [0.15, 0.2) is 6.10 Å². The van der Waals surface area contributed by atoms with Crippen molar-refractivity contribution in [2.75, 3.05) is 19.8 Å². The first-order valence-corrected chi connectivity index (χ1v) is 24.2. The Hall–Kier alpha value is -1.36. The van der Waals surface area contributed by atoms with Crippen LogP contribution in [-0.4, -0.2) is 37.9 Å². The summed E-state index contributed by atoms with van der Waals surface area (Å²) in [6.07, 6.45) is 50.6. The van der Waals surface area contributed by atoms with Gasteiger partial charge in [-0.05, 0) is 44.9 Å². The van der Waals surface area contributed by atoms with E-state index >= 15 is 0 Å². The Morgan fingerprint density at radius 1 is 0.389 bits per heavy atom. The SMILES string of the molecule is CCCCCCCC/C=C\CCCCCCCCCC(=O)OCC(COCCCCCCCCCCCC)OC(=O)CCCCCCCCCCCCC. The Kier molecular flexibility index (Phi) is 44.9. The van der Waals surface area contributed by atoms with Crippen LogP contribution in [0.1, 0.15) is 265 Å². The van der Waals surface area contributed by atoms with E-state index in [1.807, 2.05) is 0 Å². The summed E-state index contributed by atoms with van der Waals surface area (Å²) in [6.45, 7) is 7.85. The van der Waals surface area contributed by atoms with Gasteiger partial charge in [0, 0.05) is 19.4 Å². The predicted molar refractivity (Wildman–Crippen MR) is 233 cm³/mol. The molecule has 0 aromatic carbocycles. The number of carbonyl (C=O) groups is 2. The molecule has 0 radical (unpaired) electrons. The highest BCUT2D eigenvalue weighted by molar-refractivity contribution is 5.70. The number of unbranched alkanes of at least 4 members (excludes halogenated alkanes) is 32. The summed E-state index contributed by atoms with van der Waals surface area (Å²) >= 11 is 0. The zero-order valence-electron chi connectivity index (χ0n) is 36.8. The molecule has 1 atom stereocenters. The first kappa shape index (κ1) is 52.6. The smallest absolute Gasteiger partial charge is 0.306 e. The van der Waals surface area contributed by atoms with Crippen molar-refractivity contribution in [3.8, 4) is 0 Å². The lowest BCUT2D eigenvalue weighted by Gasteiger charge is -2.18. The Labute approximate surface area is 337 Å². The monoisotopic (exact) mass is 763 g/mol. The standard InChI is InChI=1S/C49H94O5/c1-4-7-10-13-16-19-22-23-24-25-26-27-29-30-33-36-39-42-48(50)53-46-47(45-52-44-41-38-35-32-21-18-15-12-9-6-3)54-49(51)43-40-37-34-31-28-20-17-14-11-8-5-2/h23-24,47H,4-22,25-46H2,1-3H3/b24-23-. The molecule has 0 saturated carbocycles. The minimum Gasteiger partial charge on any atom is -0.462 e. The number of esters is 2. The molecule has 0 aliphatic rings. The topological polar surface area (TPSA) is 61.8 Å². The predicted octanol–water partition coefficient (Wildman–Crippen LogP) is 15.9. The van der Waals surface area contributed by atoms with E-state index in [0.717, 1.165) is 32.1 Å². The van der Waals surface area contributed by atoms with E-state index in [2.05, 4.69) is 32.9 Å². The number of hydrogen-bond acceptors (Lipinski definition) is 5. The average molecular weight is 763 g/mol. The van der Waals surface area contributed by atoms with Crippen LogP contribution < -0.4 is 0 Å². The van der Waals surface area contributed by atoms with E-state index in [1.165, 1.54) is 199 Å². The van der Waals surface area contributed by atoms with Crippen LogP contribution in [0, 0.1) is 0 Å². The highest BCUT2D eigenvalue weighted by atomic mass is 16.6. The molecule has 0 aliphatic heterocycles. The lowest BCUT2D eigenvalue weighted by atomic mass is 10.1. The molecule has 0 heterocycles. The van der Waals surface area contributed by atoms with Gasteiger partial charge < -0.3 is 14.2 Å². The van der Waals surface area contributed by atoms with Crippen LogP contribution in [0.15, 0.2) is 12.2 Å². The lowest BCUT2D eigenvalue weighted by molar-refractivity contribution is -0.163. The molecule has 0 fully saturated rings. The van der Waals surface area contributed by atoms with Crippen LogP contribution in [0.25, 0.3) is 0 Å². The number of allylic oxidation sites excluding steroid dienone is 2. The first-order valence-electron chi connectivity index (χ1n) is 24.2. The maximum Gasteiger partial charge on any atom is 0.306 e. The van der Waals surface area contributed by atoms with E-state index in [9.17, 15) is 9.59 Å². The van der Waals surface area contributed by atoms with Crippen molar-refractivity contribution in [3.05, 3.63) is 12.2 Å². The fourth-order valence-corrected chi connectivity index (χ4v) is 7.15. The van der Waals surface area contributed by atoms with Gasteiger partial charge in [0.05, 0.1) is 6.61 Å². The summed E-state index contributed by atoms with van der Waals surface area (Å²) in [5.41, 5.74) is 0. The molecular formula is C49H94O5. The Morgan fingerprint density at radius 3 is 1.13 bits per heavy atom. The van der Waals surface area contributed by atoms with E-state index in [1.54, 1.807) is 0 Å². The second-order valence-electron chi connectivity index (χ2n) is 16.4. The summed E-state index contributed by atoms with van der Waals surface area (Å²) in [4.78, 5) is 25.2. The molecule has 1 unspecified atom stereocenters. The second kappa shape index (κ2) is 46.0. The summed E-state index contributed by atoms with van der Waals surface area (Å²) in [5.74, 6) is -0.387. The summed E-state index contributed by atoms with van der Waals surface area (Å²) in [7, 11) is 0. The molecule has 5 nitrogen and oxygen atoms in total. The number of ether oxygens (including phenoxy) is 3. The summed E-state index contributed by atoms with van der Waals surface area (Å²) < 4.78 is 17.3. The van der Waals surface area contributed by atoms with E-state index in [-0.39, 0.29) is 18.5 Å². The minimum absolute atomic E-state index is 0.0915. The molecule has 0 N–H and O–H groups in total. The van der Waals surface area contributed by atoms with Crippen LogP contribution in [0.2, 0.25) is 0 Å². The zero-order chi connectivity index (χ0) is 39.3. The molecule has 0 aliphatic carbocycles. The lowest BCUT2D eigenvalue weighted by Crippen LogP contribution is -2.30. The zero-order valence-corrected chi connectivity index (χ0v) is 36.8. The van der Waals surface area contributed by atoms with Crippen molar-refractivity contribution in [3.63, 3.8) is 0 Å². The van der Waals surface area contributed by atoms with Crippen molar-refractivity contribution >= 4 is 11.9 Å². The maximum absolute atomic E-state index is 12.7. The van der Waals surface area contributed by atoms with Crippen molar-refractivity contribution in [2.24, 2.45) is 0 Å². The first-order chi connectivity index (χ1) is 26.6. The maximum atomic E-state index is 12.7. The van der Waals surface area contributed by atoms with Crippen LogP contribution in [-0.2, 0) is 23.8 Å². The third-order valence-electron chi connectivity index (χ3n) is 10.8. The number of carbonyl (C=O) groups excluding carboxylic acids is 2. The molecule has 320 valence electrons. The summed E-state index contributed by atoms with van der Waals surface area (Å²) in [6, 6.07) is 0. The molecule has 0 bridgehead atoms. The third-order valence-corrected chi connectivity index (χ3v) is 10.8. The Morgan fingerprint density at radius 2 is 0.722 bits per heavy atom. The molecule has 0 saturated heterocycles. The average Bonchev–Trinajstić information content (AvgIpc) is 3.17. The van der Waals surface area contributed by atoms with E-state index < -0.39 is 6.10 Å². The molecule has 0 aromatic heterocycles. The largest absolute Gasteiger partial charge is 0.462 e. The fourth-order valence-electron chi connectivity index (χ4n) is 7.15. The van der Waals surface area contributed by atoms with E-state index in [0.29, 0.717) is 26.1 Å². The number of rotatable bonds is 45. The summed E-state index contributed by atoms with van der Waals surface area (Å²) in [5, 5.41) is 0. The van der Waals surface area contributed by atoms with Gasteiger partial charge in [0.25, 0.3) is 0 Å². The van der Waals surface area contributed by atoms with Gasteiger partial charge in [-0.1, -0.05) is 219 Å². The van der Waals surface area contributed by atoms with Crippen molar-refractivity contribution in [1.29, 1.82) is 0 Å². The van der Waals surface area contributed by atoms with Gasteiger partial charge in [0.1, 0.15) is 6.61 Å². The minimum atomic E-state index is -0.525. The Bertz CT molecular complexity index is 780. The normalized spacial score (nSPS) is 12.1. The highest BCUT2D eigenvalue weighted by Gasteiger charge is 2.17. The highest BCUT2D eigenvalue weighted by Crippen LogP contribution is 2.15. The Balaban J connectivity index is 4.15. The third kappa shape index (κ3) is 43.4. The van der Waals surface area contributed by atoms with Crippen molar-refractivity contribution in [2.45, 2.75) is 271 Å². The van der Waals surface area contributed by atoms with Crippen LogP contribution in [0.4, 0.5) is 0 Å². The van der Waals surface area contributed by atoms with Crippen molar-refractivity contribution in [1.82, 2.24) is 0 Å². The molecule has 0 amide bonds. The van der Waals surface area contributed by atoms with Gasteiger partial charge >= 0.3 is 11.9 Å². The molecule has 0 spiro atoms. The van der Waals surface area contributed by atoms with Gasteiger partial charge in [-0.25, -0.2) is 0 Å². The van der Waals surface area contributed by atoms with Gasteiger partial charge in [-0.2, -0.15) is 0 Å². The number of hydrogen-bond donors (Lipinski definition) is 0. The molecule has 0 rings (SSSR count).